The van der Waals surface area contributed by atoms with Gasteiger partial charge in [0.05, 0.1) is 26.5 Å². The molecule has 1 aliphatic heterocycles. The smallest absolute Gasteiger partial charge is 0.263 e. The number of carbonyl (C=O) groups excluding carboxylic acids is 2. The minimum Gasteiger partial charge on any atom is -0.492 e. The maximum absolute atomic E-state index is 14.0. The third-order valence-corrected chi connectivity index (χ3v) is 5.33. The van der Waals surface area contributed by atoms with Gasteiger partial charge in [0.2, 0.25) is 0 Å². The Labute approximate surface area is 174 Å². The van der Waals surface area contributed by atoms with Crippen LogP contribution in [0.5, 0.6) is 0 Å². The van der Waals surface area contributed by atoms with Gasteiger partial charge >= 0.3 is 0 Å². The van der Waals surface area contributed by atoms with Crippen molar-refractivity contribution in [3.05, 3.63) is 23.4 Å². The van der Waals surface area contributed by atoms with Crippen molar-refractivity contribution in [2.24, 2.45) is 11.8 Å². The number of Topliss-reactive ketones (excluding diaryl/α,β-unsaturated/α-hetero) is 1. The number of nitrogens with one attached hydrogen (secondary N) is 1. The van der Waals surface area contributed by atoms with E-state index in [-0.39, 0.29) is 29.5 Å². The second-order valence-electron chi connectivity index (χ2n) is 6.68. The number of hydrogen-bond donors (Lipinski definition) is 1. The predicted octanol–water partition coefficient (Wildman–Crippen LogP) is 2.01. The SMILES string of the molecule is COC1=C(F)CCC=C1NC(=S)C1C(=O)C(CCC(OC)OC)CN(OC)C1=O. The zero-order valence-corrected chi connectivity index (χ0v) is 17.8. The van der Waals surface area contributed by atoms with Gasteiger partial charge in [-0.15, -0.1) is 0 Å². The lowest BCUT2D eigenvalue weighted by atomic mass is 9.84. The summed E-state index contributed by atoms with van der Waals surface area (Å²) in [5.74, 6) is -2.98. The number of ether oxygens (including phenoxy) is 3. The standard InChI is InChI=1S/C19H27FN2O6S/c1-25-14(26-2)9-8-11-10-22(28-4)19(24)15(16(11)23)18(29)21-13-7-5-6-12(20)17(13)27-3/h7,11,14-15H,5-6,8-10H2,1-4H3,(H,21,29). The first-order chi connectivity index (χ1) is 13.9. The summed E-state index contributed by atoms with van der Waals surface area (Å²) in [5.41, 5.74) is 0.312. The van der Waals surface area contributed by atoms with E-state index in [0.29, 0.717) is 25.0 Å². The molecule has 2 rings (SSSR count). The molecule has 0 aromatic carbocycles. The average molecular weight is 430 g/mol. The fraction of sp³-hybridized carbons (Fsp3) is 0.632. The number of nitrogens with zero attached hydrogens (tertiary/aromatic N) is 1. The molecule has 162 valence electrons. The molecule has 1 saturated heterocycles. The summed E-state index contributed by atoms with van der Waals surface area (Å²) < 4.78 is 29.4. The number of amides is 1. The molecule has 8 nitrogen and oxygen atoms in total. The van der Waals surface area contributed by atoms with Crippen LogP contribution in [0.1, 0.15) is 25.7 Å². The average Bonchev–Trinajstić information content (AvgIpc) is 2.70. The highest BCUT2D eigenvalue weighted by molar-refractivity contribution is 7.80. The highest BCUT2D eigenvalue weighted by Gasteiger charge is 2.44. The first-order valence-corrected chi connectivity index (χ1v) is 9.67. The van der Waals surface area contributed by atoms with Gasteiger partial charge < -0.3 is 19.5 Å². The number of hydroxylamine groups is 2. The van der Waals surface area contributed by atoms with Gasteiger partial charge in [0.15, 0.2) is 17.8 Å². The molecule has 1 heterocycles. The molecule has 1 N–H and O–H groups in total. The monoisotopic (exact) mass is 430 g/mol. The van der Waals surface area contributed by atoms with Crippen LogP contribution in [0, 0.1) is 11.8 Å². The van der Waals surface area contributed by atoms with Crippen LogP contribution >= 0.6 is 12.2 Å². The van der Waals surface area contributed by atoms with Crippen molar-refractivity contribution in [2.45, 2.75) is 32.0 Å². The summed E-state index contributed by atoms with van der Waals surface area (Å²) >= 11 is 5.36. The van der Waals surface area contributed by atoms with Crippen molar-refractivity contribution in [3.63, 3.8) is 0 Å². The lowest BCUT2D eigenvalue weighted by Gasteiger charge is -2.35. The fourth-order valence-electron chi connectivity index (χ4n) is 3.42. The predicted molar refractivity (Wildman–Crippen MR) is 106 cm³/mol. The van der Waals surface area contributed by atoms with Gasteiger partial charge in [-0.2, -0.15) is 0 Å². The zero-order valence-electron chi connectivity index (χ0n) is 17.0. The van der Waals surface area contributed by atoms with Gasteiger partial charge in [0, 0.05) is 26.6 Å². The molecule has 0 aromatic rings. The van der Waals surface area contributed by atoms with Gasteiger partial charge in [-0.25, -0.2) is 9.45 Å². The third-order valence-electron chi connectivity index (χ3n) is 4.99. The number of halogens is 1. The first kappa shape index (κ1) is 23.4. The Balaban J connectivity index is 2.17. The molecule has 0 aromatic heterocycles. The van der Waals surface area contributed by atoms with Gasteiger partial charge in [-0.05, 0) is 19.3 Å². The van der Waals surface area contributed by atoms with Crippen molar-refractivity contribution in [1.82, 2.24) is 10.4 Å². The van der Waals surface area contributed by atoms with Crippen LogP contribution in [0.4, 0.5) is 4.39 Å². The van der Waals surface area contributed by atoms with Crippen LogP contribution < -0.4 is 5.32 Å². The molecule has 0 saturated carbocycles. The summed E-state index contributed by atoms with van der Waals surface area (Å²) in [6, 6.07) is 0. The van der Waals surface area contributed by atoms with Gasteiger partial charge in [-0.3, -0.25) is 14.4 Å². The molecule has 1 aliphatic carbocycles. The molecule has 0 spiro atoms. The Morgan fingerprint density at radius 1 is 1.31 bits per heavy atom. The van der Waals surface area contributed by atoms with Crippen molar-refractivity contribution in [3.8, 4) is 0 Å². The Hall–Kier alpha value is -1.88. The minimum absolute atomic E-state index is 0.0164. The van der Waals surface area contributed by atoms with E-state index in [1.165, 1.54) is 28.4 Å². The number of hydrogen-bond acceptors (Lipinski definition) is 7. The van der Waals surface area contributed by atoms with E-state index in [1.54, 1.807) is 6.08 Å². The topological polar surface area (TPSA) is 86.3 Å². The van der Waals surface area contributed by atoms with E-state index in [4.69, 9.17) is 31.3 Å². The molecule has 2 unspecified atom stereocenters. The summed E-state index contributed by atoms with van der Waals surface area (Å²) in [5, 5.41) is 3.96. The van der Waals surface area contributed by atoms with E-state index in [2.05, 4.69) is 5.32 Å². The molecular formula is C19H27FN2O6S. The molecule has 0 bridgehead atoms. The molecule has 2 atom stereocenters. The number of piperidine rings is 1. The largest absolute Gasteiger partial charge is 0.492 e. The maximum atomic E-state index is 14.0. The first-order valence-electron chi connectivity index (χ1n) is 9.26. The Bertz CT molecular complexity index is 707. The molecule has 10 heteroatoms. The van der Waals surface area contributed by atoms with Crippen LogP contribution in [0.25, 0.3) is 0 Å². The van der Waals surface area contributed by atoms with E-state index < -0.39 is 29.9 Å². The summed E-state index contributed by atoms with van der Waals surface area (Å²) in [7, 11) is 5.74. The highest BCUT2D eigenvalue weighted by Crippen LogP contribution is 2.28. The van der Waals surface area contributed by atoms with Crippen molar-refractivity contribution < 1.29 is 33.0 Å². The second kappa shape index (κ2) is 10.8. The molecule has 0 radical (unpaired) electrons. The van der Waals surface area contributed by atoms with Gasteiger partial charge in [-0.1, -0.05) is 18.3 Å². The number of allylic oxidation sites excluding steroid dienone is 2. The quantitative estimate of drug-likeness (QED) is 0.338. The highest BCUT2D eigenvalue weighted by atomic mass is 32.1. The van der Waals surface area contributed by atoms with Crippen LogP contribution in [0.3, 0.4) is 0 Å². The van der Waals surface area contributed by atoms with E-state index in [9.17, 15) is 14.0 Å². The maximum Gasteiger partial charge on any atom is 0.263 e. The van der Waals surface area contributed by atoms with Gasteiger partial charge in [0.1, 0.15) is 16.7 Å². The van der Waals surface area contributed by atoms with Crippen LogP contribution in [-0.4, -0.2) is 63.0 Å². The number of rotatable bonds is 9. The Kier molecular flexibility index (Phi) is 8.69. The summed E-state index contributed by atoms with van der Waals surface area (Å²) in [6.45, 7) is 0.119. The zero-order chi connectivity index (χ0) is 21.6. The molecule has 1 fully saturated rings. The summed E-state index contributed by atoms with van der Waals surface area (Å²) in [6.07, 6.45) is 2.84. The lowest BCUT2D eigenvalue weighted by Crippen LogP contribution is -2.55. The normalized spacial score (nSPS) is 22.8. The van der Waals surface area contributed by atoms with E-state index in [0.717, 1.165) is 5.06 Å². The number of ketones is 1. The second-order valence-corrected chi connectivity index (χ2v) is 7.12. The van der Waals surface area contributed by atoms with Crippen molar-refractivity contribution in [2.75, 3.05) is 35.0 Å². The van der Waals surface area contributed by atoms with Crippen LogP contribution in [0.15, 0.2) is 23.4 Å². The lowest BCUT2D eigenvalue weighted by molar-refractivity contribution is -0.190. The fourth-order valence-corrected chi connectivity index (χ4v) is 3.75. The van der Waals surface area contributed by atoms with E-state index >= 15 is 0 Å². The van der Waals surface area contributed by atoms with Crippen molar-refractivity contribution >= 4 is 28.9 Å². The molecule has 2 aliphatic rings. The Morgan fingerprint density at radius 3 is 2.59 bits per heavy atom. The number of thiocarbonyl (C=S) groups is 1. The number of methoxy groups -OCH3 is 3. The summed E-state index contributed by atoms with van der Waals surface area (Å²) in [4.78, 5) is 30.9. The van der Waals surface area contributed by atoms with Crippen LogP contribution in [-0.2, 0) is 28.6 Å². The molecule has 29 heavy (non-hydrogen) atoms. The van der Waals surface area contributed by atoms with Crippen LogP contribution in [0.2, 0.25) is 0 Å². The van der Waals surface area contributed by atoms with E-state index in [1.807, 2.05) is 0 Å². The third kappa shape index (κ3) is 5.39. The Morgan fingerprint density at radius 2 is 2.00 bits per heavy atom. The molecular weight excluding hydrogens is 403 g/mol. The minimum atomic E-state index is -1.23. The number of carbonyl (C=O) groups is 2. The van der Waals surface area contributed by atoms with Crippen molar-refractivity contribution in [1.29, 1.82) is 0 Å². The van der Waals surface area contributed by atoms with Gasteiger partial charge in [0.25, 0.3) is 5.91 Å². The molecule has 1 amide bonds.